The second kappa shape index (κ2) is 5.48. The third-order valence-corrected chi connectivity index (χ3v) is 3.40. The van der Waals surface area contributed by atoms with E-state index in [-0.39, 0.29) is 0 Å². The Hall–Kier alpha value is -2.49. The zero-order chi connectivity index (χ0) is 14.8. The summed E-state index contributed by atoms with van der Waals surface area (Å²) in [5.74, 6) is -0.647. The maximum Gasteiger partial charge on any atom is 0.138 e. The number of hydrogen-bond acceptors (Lipinski definition) is 2. The van der Waals surface area contributed by atoms with Crippen molar-refractivity contribution in [1.29, 1.82) is 0 Å². The molecule has 3 rings (SSSR count). The molecule has 21 heavy (non-hydrogen) atoms. The van der Waals surface area contributed by atoms with Crippen molar-refractivity contribution >= 4 is 22.3 Å². The van der Waals surface area contributed by atoms with Crippen LogP contribution >= 0.6 is 0 Å². The van der Waals surface area contributed by atoms with Crippen LogP contribution in [0.5, 0.6) is 0 Å². The van der Waals surface area contributed by atoms with Gasteiger partial charge in [-0.1, -0.05) is 25.1 Å². The van der Waals surface area contributed by atoms with Gasteiger partial charge in [0.2, 0.25) is 0 Å². The van der Waals surface area contributed by atoms with Crippen LogP contribution in [0, 0.1) is 11.6 Å². The molecule has 106 valence electrons. The van der Waals surface area contributed by atoms with Crippen LogP contribution in [0.25, 0.3) is 10.8 Å². The maximum atomic E-state index is 13.3. The van der Waals surface area contributed by atoms with Gasteiger partial charge in [0.25, 0.3) is 0 Å². The normalized spacial score (nSPS) is 10.8. The Bertz CT molecular complexity index is 780. The Balaban J connectivity index is 2.08. The number of aryl methyl sites for hydroxylation is 1. The molecule has 0 atom stereocenters. The summed E-state index contributed by atoms with van der Waals surface area (Å²) in [5, 5.41) is 5.01. The van der Waals surface area contributed by atoms with Crippen molar-refractivity contribution in [2.24, 2.45) is 0 Å². The first-order chi connectivity index (χ1) is 10.2. The van der Waals surface area contributed by atoms with Gasteiger partial charge in [0.05, 0.1) is 0 Å². The molecule has 0 saturated heterocycles. The van der Waals surface area contributed by atoms with Crippen LogP contribution in [-0.4, -0.2) is 4.98 Å². The van der Waals surface area contributed by atoms with E-state index in [0.717, 1.165) is 23.3 Å². The fraction of sp³-hybridized carbons (Fsp3) is 0.118. The van der Waals surface area contributed by atoms with Crippen LogP contribution in [0.3, 0.4) is 0 Å². The lowest BCUT2D eigenvalue weighted by atomic mass is 10.0. The maximum absolute atomic E-state index is 13.3. The highest BCUT2D eigenvalue weighted by atomic mass is 19.1. The number of hydrogen-bond donors (Lipinski definition) is 1. The van der Waals surface area contributed by atoms with Gasteiger partial charge in [-0.2, -0.15) is 0 Å². The molecule has 0 saturated carbocycles. The van der Waals surface area contributed by atoms with Crippen molar-refractivity contribution in [1.82, 2.24) is 4.98 Å². The molecule has 0 fully saturated rings. The number of anilines is 2. The van der Waals surface area contributed by atoms with Crippen molar-refractivity contribution in [3.05, 3.63) is 65.9 Å². The van der Waals surface area contributed by atoms with Gasteiger partial charge in [-0.05, 0) is 35.6 Å². The van der Waals surface area contributed by atoms with E-state index in [2.05, 4.69) is 23.3 Å². The van der Waals surface area contributed by atoms with E-state index in [4.69, 9.17) is 0 Å². The average Bonchev–Trinajstić information content (AvgIpc) is 2.46. The monoisotopic (exact) mass is 284 g/mol. The lowest BCUT2D eigenvalue weighted by Gasteiger charge is -2.11. The standard InChI is InChI=1S/C17H14F2N2/c1-2-11-4-3-5-16-15(11)6-7-20-17(16)21-14-9-12(18)8-13(19)10-14/h3-10H,2H2,1H3,(H,20,21). The Morgan fingerprint density at radius 2 is 1.76 bits per heavy atom. The van der Waals surface area contributed by atoms with Crippen molar-refractivity contribution in [3.63, 3.8) is 0 Å². The molecule has 0 aliphatic carbocycles. The van der Waals surface area contributed by atoms with Crippen LogP contribution in [0.2, 0.25) is 0 Å². The number of halogens is 2. The molecule has 1 heterocycles. The lowest BCUT2D eigenvalue weighted by Crippen LogP contribution is -1.97. The fourth-order valence-corrected chi connectivity index (χ4v) is 2.44. The number of nitrogens with one attached hydrogen (secondary N) is 1. The molecular formula is C17H14F2N2. The van der Waals surface area contributed by atoms with Crippen LogP contribution in [0.15, 0.2) is 48.7 Å². The molecule has 3 aromatic rings. The predicted octanol–water partition coefficient (Wildman–Crippen LogP) is 4.82. The molecule has 2 aromatic carbocycles. The molecule has 0 aliphatic heterocycles. The van der Waals surface area contributed by atoms with E-state index in [1.54, 1.807) is 6.20 Å². The quantitative estimate of drug-likeness (QED) is 0.746. The first-order valence-corrected chi connectivity index (χ1v) is 6.77. The number of nitrogens with zero attached hydrogens (tertiary/aromatic N) is 1. The summed E-state index contributed by atoms with van der Waals surface area (Å²) in [7, 11) is 0. The highest BCUT2D eigenvalue weighted by molar-refractivity contribution is 5.95. The highest BCUT2D eigenvalue weighted by Crippen LogP contribution is 2.27. The number of aromatic nitrogens is 1. The van der Waals surface area contributed by atoms with Crippen molar-refractivity contribution in [2.45, 2.75) is 13.3 Å². The molecule has 0 spiro atoms. The van der Waals surface area contributed by atoms with Gasteiger partial charge >= 0.3 is 0 Å². The zero-order valence-electron chi connectivity index (χ0n) is 11.5. The zero-order valence-corrected chi connectivity index (χ0v) is 11.5. The topological polar surface area (TPSA) is 24.9 Å². The van der Waals surface area contributed by atoms with Crippen LogP contribution in [0.1, 0.15) is 12.5 Å². The average molecular weight is 284 g/mol. The van der Waals surface area contributed by atoms with Crippen molar-refractivity contribution in [3.8, 4) is 0 Å². The van der Waals surface area contributed by atoms with Gasteiger partial charge in [0, 0.05) is 23.3 Å². The molecule has 0 bridgehead atoms. The number of benzene rings is 2. The molecule has 1 aromatic heterocycles. The van der Waals surface area contributed by atoms with Gasteiger partial charge in [-0.25, -0.2) is 13.8 Å². The predicted molar refractivity (Wildman–Crippen MR) is 80.8 cm³/mol. The minimum Gasteiger partial charge on any atom is -0.340 e. The molecule has 0 amide bonds. The van der Waals surface area contributed by atoms with Gasteiger partial charge < -0.3 is 5.32 Å². The minimum atomic E-state index is -0.619. The summed E-state index contributed by atoms with van der Waals surface area (Å²) in [6.45, 7) is 2.09. The van der Waals surface area contributed by atoms with Gasteiger partial charge in [0.1, 0.15) is 17.5 Å². The van der Waals surface area contributed by atoms with Gasteiger partial charge in [-0.3, -0.25) is 0 Å². The highest BCUT2D eigenvalue weighted by Gasteiger charge is 2.07. The second-order valence-corrected chi connectivity index (χ2v) is 4.81. The first kappa shape index (κ1) is 13.5. The Morgan fingerprint density at radius 1 is 1.00 bits per heavy atom. The van der Waals surface area contributed by atoms with Crippen LogP contribution in [0.4, 0.5) is 20.3 Å². The molecule has 4 heteroatoms. The number of fused-ring (bicyclic) bond motifs is 1. The molecule has 0 radical (unpaired) electrons. The molecule has 0 unspecified atom stereocenters. The van der Waals surface area contributed by atoms with E-state index >= 15 is 0 Å². The number of pyridine rings is 1. The summed E-state index contributed by atoms with van der Waals surface area (Å²) >= 11 is 0. The van der Waals surface area contributed by atoms with Crippen molar-refractivity contribution < 1.29 is 8.78 Å². The molecule has 1 N–H and O–H groups in total. The van der Waals surface area contributed by atoms with Gasteiger partial charge in [0.15, 0.2) is 0 Å². The third kappa shape index (κ3) is 2.70. The Labute approximate surface area is 121 Å². The molecule has 2 nitrogen and oxygen atoms in total. The van der Waals surface area contributed by atoms with Crippen LogP contribution < -0.4 is 5.32 Å². The SMILES string of the molecule is CCc1cccc2c(Nc3cc(F)cc(F)c3)nccc12. The summed E-state index contributed by atoms with van der Waals surface area (Å²) < 4.78 is 26.5. The van der Waals surface area contributed by atoms with E-state index in [0.29, 0.717) is 11.5 Å². The summed E-state index contributed by atoms with van der Waals surface area (Å²) in [6.07, 6.45) is 2.61. The van der Waals surface area contributed by atoms with E-state index in [9.17, 15) is 8.78 Å². The minimum absolute atomic E-state index is 0.342. The van der Waals surface area contributed by atoms with E-state index < -0.39 is 11.6 Å². The van der Waals surface area contributed by atoms with Crippen molar-refractivity contribution in [2.75, 3.05) is 5.32 Å². The largest absolute Gasteiger partial charge is 0.340 e. The smallest absolute Gasteiger partial charge is 0.138 e. The molecular weight excluding hydrogens is 270 g/mol. The lowest BCUT2D eigenvalue weighted by molar-refractivity contribution is 0.584. The van der Waals surface area contributed by atoms with Crippen LogP contribution in [-0.2, 0) is 6.42 Å². The summed E-state index contributed by atoms with van der Waals surface area (Å²) in [5.41, 5.74) is 1.55. The summed E-state index contributed by atoms with van der Waals surface area (Å²) in [4.78, 5) is 4.28. The first-order valence-electron chi connectivity index (χ1n) is 6.77. The third-order valence-electron chi connectivity index (χ3n) is 3.40. The molecule has 0 aliphatic rings. The van der Waals surface area contributed by atoms with E-state index in [1.165, 1.54) is 17.7 Å². The van der Waals surface area contributed by atoms with Gasteiger partial charge in [-0.15, -0.1) is 0 Å². The Kier molecular flexibility index (Phi) is 3.52. The number of rotatable bonds is 3. The fourth-order valence-electron chi connectivity index (χ4n) is 2.44. The Morgan fingerprint density at radius 3 is 2.48 bits per heavy atom. The second-order valence-electron chi connectivity index (χ2n) is 4.81. The summed E-state index contributed by atoms with van der Waals surface area (Å²) in [6, 6.07) is 11.2. The van der Waals surface area contributed by atoms with E-state index in [1.807, 2.05) is 18.2 Å².